The Balaban J connectivity index is 1.55. The van der Waals surface area contributed by atoms with Gasteiger partial charge < -0.3 is 19.8 Å². The Morgan fingerprint density at radius 1 is 0.941 bits per heavy atom. The molecule has 1 fully saturated rings. The quantitative estimate of drug-likeness (QED) is 0.243. The number of sulfonamides is 1. The molecule has 0 bridgehead atoms. The fraction of sp³-hybridized carbons (Fsp3) is 0.412. The molecule has 1 saturated heterocycles. The Bertz CT molecular complexity index is 1870. The van der Waals surface area contributed by atoms with E-state index in [1.807, 2.05) is 19.1 Å². The molecule has 0 saturated carbocycles. The van der Waals surface area contributed by atoms with Gasteiger partial charge in [-0.3, -0.25) is 13.9 Å². The Kier molecular flexibility index (Phi) is 10.2. The predicted molar refractivity (Wildman–Crippen MR) is 167 cm³/mol. The lowest BCUT2D eigenvalue weighted by Crippen LogP contribution is -2.54. The van der Waals surface area contributed by atoms with Crippen LogP contribution in [0.3, 0.4) is 0 Å². The molecule has 276 valence electrons. The number of aliphatic hydroxyl groups is 2. The molecule has 5 rings (SSSR count). The summed E-state index contributed by atoms with van der Waals surface area (Å²) in [6.07, 6.45) is -15.8. The molecule has 0 aromatic heterocycles. The van der Waals surface area contributed by atoms with Gasteiger partial charge in [-0.2, -0.15) is 26.3 Å². The minimum Gasteiger partial charge on any atom is -0.457 e. The predicted octanol–water partition coefficient (Wildman–Crippen LogP) is 5.09. The smallest absolute Gasteiger partial charge is 0.430 e. The van der Waals surface area contributed by atoms with E-state index in [2.05, 4.69) is 0 Å². The molecule has 0 unspecified atom stereocenters. The van der Waals surface area contributed by atoms with Crippen LogP contribution in [0.25, 0.3) is 0 Å². The van der Waals surface area contributed by atoms with Gasteiger partial charge in [-0.25, -0.2) is 12.8 Å². The molecule has 2 heterocycles. The average Bonchev–Trinajstić information content (AvgIpc) is 3.33. The molecule has 9 nitrogen and oxygen atoms in total. The van der Waals surface area contributed by atoms with E-state index in [0.29, 0.717) is 22.5 Å². The number of aliphatic hydroxyl groups excluding tert-OH is 1. The van der Waals surface area contributed by atoms with Gasteiger partial charge in [0.05, 0.1) is 29.2 Å². The van der Waals surface area contributed by atoms with Crippen molar-refractivity contribution in [3.8, 4) is 0 Å². The van der Waals surface area contributed by atoms with Crippen LogP contribution in [-0.4, -0.2) is 78.6 Å². The average molecular weight is 747 g/mol. The molecule has 51 heavy (non-hydrogen) atoms. The number of nitrogens with zero attached hydrogens (tertiary/aromatic N) is 2. The van der Waals surface area contributed by atoms with Crippen LogP contribution in [0, 0.1) is 12.7 Å². The molecule has 2 aliphatic rings. The monoisotopic (exact) mass is 746 g/mol. The van der Waals surface area contributed by atoms with E-state index in [1.165, 1.54) is 4.90 Å². The van der Waals surface area contributed by atoms with Crippen LogP contribution in [0.2, 0.25) is 0 Å². The van der Waals surface area contributed by atoms with E-state index in [4.69, 9.17) is 4.74 Å². The number of likely N-dealkylation sites (tertiary alicyclic amines) is 1. The number of aryl methyl sites for hydroxylation is 2. The lowest BCUT2D eigenvalue weighted by molar-refractivity contribution is -0.376. The van der Waals surface area contributed by atoms with Crippen molar-refractivity contribution in [3.63, 3.8) is 0 Å². The number of fused-ring (bicyclic) bond motifs is 1. The first-order chi connectivity index (χ1) is 23.6. The van der Waals surface area contributed by atoms with Gasteiger partial charge in [0.1, 0.15) is 18.0 Å². The topological polar surface area (TPSA) is 124 Å². The highest BCUT2D eigenvalue weighted by Gasteiger charge is 2.71. The second-order valence-electron chi connectivity index (χ2n) is 12.6. The zero-order valence-electron chi connectivity index (χ0n) is 27.1. The molecule has 0 spiro atoms. The summed E-state index contributed by atoms with van der Waals surface area (Å²) in [6, 6.07) is 10.0. The number of hydrogen-bond donors (Lipinski definition) is 2. The first-order valence-corrected chi connectivity index (χ1v) is 17.1. The first kappa shape index (κ1) is 38.0. The summed E-state index contributed by atoms with van der Waals surface area (Å²) in [5.74, 6) is -2.20. The van der Waals surface area contributed by atoms with Crippen molar-refractivity contribution in [2.24, 2.45) is 0 Å². The van der Waals surface area contributed by atoms with Crippen LogP contribution in [-0.2, 0) is 42.8 Å². The number of amides is 1. The van der Waals surface area contributed by atoms with Crippen molar-refractivity contribution >= 4 is 27.6 Å². The maximum atomic E-state index is 14.1. The van der Waals surface area contributed by atoms with Crippen molar-refractivity contribution in [3.05, 3.63) is 94.8 Å². The Hall–Kier alpha value is -4.22. The van der Waals surface area contributed by atoms with Gasteiger partial charge in [0.25, 0.3) is 15.6 Å². The minimum atomic E-state index is -6.19. The van der Waals surface area contributed by atoms with Gasteiger partial charge in [0, 0.05) is 18.9 Å². The van der Waals surface area contributed by atoms with Crippen LogP contribution < -0.4 is 4.31 Å². The van der Waals surface area contributed by atoms with Gasteiger partial charge in [-0.15, -0.1) is 0 Å². The zero-order chi connectivity index (χ0) is 37.7. The highest BCUT2D eigenvalue weighted by atomic mass is 32.2. The summed E-state index contributed by atoms with van der Waals surface area (Å²) >= 11 is 0. The molecule has 3 aromatic rings. The zero-order valence-corrected chi connectivity index (χ0v) is 27.9. The van der Waals surface area contributed by atoms with Gasteiger partial charge in [-0.05, 0) is 67.6 Å². The fourth-order valence-electron chi connectivity index (χ4n) is 6.60. The number of hydrogen-bond acceptors (Lipinski definition) is 7. The maximum absolute atomic E-state index is 14.1. The van der Waals surface area contributed by atoms with Crippen LogP contribution in [0.1, 0.15) is 42.0 Å². The third-order valence-electron chi connectivity index (χ3n) is 9.14. The molecule has 17 heteroatoms. The number of anilines is 1. The Morgan fingerprint density at radius 2 is 1.55 bits per heavy atom. The van der Waals surface area contributed by atoms with Gasteiger partial charge in [0.2, 0.25) is 5.91 Å². The van der Waals surface area contributed by atoms with Crippen LogP contribution in [0.15, 0.2) is 71.6 Å². The number of benzene rings is 3. The van der Waals surface area contributed by atoms with Gasteiger partial charge >= 0.3 is 18.3 Å². The number of β-amino-alcohol motifs (C(OH)–C–C–N with tert-alkyl or cyclic N) is 1. The molecule has 1 amide bonds. The van der Waals surface area contributed by atoms with E-state index in [-0.39, 0.29) is 37.1 Å². The van der Waals surface area contributed by atoms with Gasteiger partial charge in [-0.1, -0.05) is 42.0 Å². The normalized spacial score (nSPS) is 21.4. The Morgan fingerprint density at radius 3 is 2.12 bits per heavy atom. The number of ether oxygens (including phenoxy) is 1. The SMILES string of the molecule is CC(=O)O[C@H]1[C@H](O)CN(C(=O)C[C@@H]2CCc3cc(C(O)(C(F)(F)F)C(F)(F)F)ccc3N2S(=O)(=O)c2ccc(F)cc2)[C@H]1Cc1ccc(C)cc1. The number of halogens is 7. The van der Waals surface area contributed by atoms with Crippen LogP contribution >= 0.6 is 0 Å². The van der Waals surface area contributed by atoms with Gasteiger partial charge in [0.15, 0.2) is 0 Å². The van der Waals surface area contributed by atoms with Crippen LogP contribution in [0.5, 0.6) is 0 Å². The van der Waals surface area contributed by atoms with E-state index in [9.17, 15) is 59.0 Å². The van der Waals surface area contributed by atoms with Crippen molar-refractivity contribution in [1.29, 1.82) is 0 Å². The number of alkyl halides is 6. The number of carbonyl (C=O) groups is 2. The van der Waals surface area contributed by atoms with Crippen molar-refractivity contribution < 1.29 is 63.7 Å². The third kappa shape index (κ3) is 7.28. The molecular formula is C34H33F7N2O7S. The first-order valence-electron chi connectivity index (χ1n) is 15.6. The second kappa shape index (κ2) is 13.7. The highest BCUT2D eigenvalue weighted by molar-refractivity contribution is 7.92. The number of carbonyl (C=O) groups excluding carboxylic acids is 2. The van der Waals surface area contributed by atoms with E-state index in [1.54, 1.807) is 12.1 Å². The molecule has 2 N–H and O–H groups in total. The van der Waals surface area contributed by atoms with Crippen molar-refractivity contribution in [1.82, 2.24) is 4.90 Å². The van der Waals surface area contributed by atoms with Crippen molar-refractivity contribution in [2.45, 2.75) is 86.7 Å². The van der Waals surface area contributed by atoms with E-state index in [0.717, 1.165) is 42.3 Å². The summed E-state index contributed by atoms with van der Waals surface area (Å²) in [5.41, 5.74) is -5.83. The van der Waals surface area contributed by atoms with Crippen molar-refractivity contribution in [2.75, 3.05) is 10.8 Å². The summed E-state index contributed by atoms with van der Waals surface area (Å²) in [5, 5.41) is 20.9. The molecule has 3 aromatic carbocycles. The minimum absolute atomic E-state index is 0.135. The van der Waals surface area contributed by atoms with Crippen LogP contribution in [0.4, 0.5) is 36.4 Å². The summed E-state index contributed by atoms with van der Waals surface area (Å²) in [6.45, 7) is 2.70. The standard InChI is InChI=1S/C34H33F7N2O7S/c1-19-3-5-21(6-4-19)15-28-31(50-20(2)44)29(45)18-42(28)30(46)17-25-11-7-22-16-23(32(47,33(36,37)38)34(39,40)41)8-14-27(22)43(25)51(48,49)26-12-9-24(35)10-13-26/h3-6,8-10,12-14,16,25,28-29,31,45,47H,7,11,15,17-18H2,1-2H3/t25-,28-,29+,31+/m0/s1. The molecule has 0 radical (unpaired) electrons. The highest BCUT2D eigenvalue weighted by Crippen LogP contribution is 2.51. The Labute approximate surface area is 288 Å². The maximum Gasteiger partial charge on any atom is 0.430 e. The summed E-state index contributed by atoms with van der Waals surface area (Å²) in [7, 11) is -4.75. The third-order valence-corrected chi connectivity index (χ3v) is 11.0. The van der Waals surface area contributed by atoms with E-state index < -0.39 is 86.8 Å². The molecular weight excluding hydrogens is 713 g/mol. The lowest BCUT2D eigenvalue weighted by atomic mass is 9.87. The summed E-state index contributed by atoms with van der Waals surface area (Å²) in [4.78, 5) is 26.7. The lowest BCUT2D eigenvalue weighted by Gasteiger charge is -2.40. The second-order valence-corrected chi connectivity index (χ2v) is 14.5. The largest absolute Gasteiger partial charge is 0.457 e. The summed E-state index contributed by atoms with van der Waals surface area (Å²) < 4.78 is 130. The number of rotatable bonds is 8. The van der Waals surface area contributed by atoms with E-state index >= 15 is 0 Å². The molecule has 2 aliphatic heterocycles. The fourth-order valence-corrected chi connectivity index (χ4v) is 8.32. The number of esters is 1. The molecule has 4 atom stereocenters. The molecule has 0 aliphatic carbocycles.